The number of carbonyl (C=O) groups is 1. The summed E-state index contributed by atoms with van der Waals surface area (Å²) in [4.78, 5) is 11.5. The van der Waals surface area contributed by atoms with Gasteiger partial charge in [0, 0.05) is 17.7 Å². The molecule has 0 aromatic rings. The van der Waals surface area contributed by atoms with Crippen molar-refractivity contribution >= 4 is 17.7 Å². The van der Waals surface area contributed by atoms with Crippen LogP contribution in [0.5, 0.6) is 0 Å². The second-order valence-corrected chi connectivity index (χ2v) is 5.67. The van der Waals surface area contributed by atoms with Gasteiger partial charge in [-0.3, -0.25) is 4.79 Å². The summed E-state index contributed by atoms with van der Waals surface area (Å²) < 4.78 is 0.396. The highest BCUT2D eigenvalue weighted by Gasteiger charge is 2.41. The van der Waals surface area contributed by atoms with Crippen molar-refractivity contribution in [2.75, 3.05) is 25.9 Å². The maximum atomic E-state index is 11.5. The number of hydrogen-bond acceptors (Lipinski definition) is 3. The predicted octanol–water partition coefficient (Wildman–Crippen LogP) is 0.608. The Balaban J connectivity index is 1.62. The molecule has 4 heteroatoms. The first-order valence-electron chi connectivity index (χ1n) is 5.27. The molecule has 1 amide bonds. The van der Waals surface area contributed by atoms with Crippen LogP contribution in [0.4, 0.5) is 0 Å². The van der Waals surface area contributed by atoms with Crippen LogP contribution in [-0.4, -0.2) is 36.5 Å². The van der Waals surface area contributed by atoms with Crippen LogP contribution >= 0.6 is 11.8 Å². The zero-order chi connectivity index (χ0) is 10.0. The first-order valence-corrected chi connectivity index (χ1v) is 6.49. The lowest BCUT2D eigenvalue weighted by atomic mass is 9.99. The van der Waals surface area contributed by atoms with Crippen molar-refractivity contribution < 1.29 is 4.79 Å². The fourth-order valence-corrected chi connectivity index (χ4v) is 2.41. The third-order valence-corrected chi connectivity index (χ3v) is 4.61. The van der Waals surface area contributed by atoms with Crippen LogP contribution in [0.15, 0.2) is 0 Å². The van der Waals surface area contributed by atoms with E-state index in [1.807, 2.05) is 11.8 Å². The molecule has 2 N–H and O–H groups in total. The van der Waals surface area contributed by atoms with Crippen molar-refractivity contribution in [3.05, 3.63) is 0 Å². The molecule has 0 atom stereocenters. The fourth-order valence-electron chi connectivity index (χ4n) is 1.68. The minimum Gasteiger partial charge on any atom is -0.355 e. The molecular formula is C10H18N2OS. The topological polar surface area (TPSA) is 41.1 Å². The van der Waals surface area contributed by atoms with Gasteiger partial charge >= 0.3 is 0 Å². The standard InChI is InChI=1S/C10H18N2OS/c1-14-10(2-3-10)7-12-9(13)4-8-5-11-6-8/h8,11H,2-7H2,1H3,(H,12,13). The largest absolute Gasteiger partial charge is 0.355 e. The Bertz CT molecular complexity index is 224. The highest BCUT2D eigenvalue weighted by atomic mass is 32.2. The second-order valence-electron chi connectivity index (χ2n) is 4.39. The van der Waals surface area contributed by atoms with Gasteiger partial charge in [0.05, 0.1) is 0 Å². The lowest BCUT2D eigenvalue weighted by Gasteiger charge is -2.26. The van der Waals surface area contributed by atoms with Crippen LogP contribution in [0.25, 0.3) is 0 Å². The van der Waals surface area contributed by atoms with Gasteiger partial charge in [0.25, 0.3) is 0 Å². The van der Waals surface area contributed by atoms with Gasteiger partial charge < -0.3 is 10.6 Å². The van der Waals surface area contributed by atoms with E-state index < -0.39 is 0 Å². The average molecular weight is 214 g/mol. The summed E-state index contributed by atoms with van der Waals surface area (Å²) in [5.41, 5.74) is 0. The molecule has 2 aliphatic rings. The van der Waals surface area contributed by atoms with Crippen LogP contribution in [0, 0.1) is 5.92 Å². The number of thioether (sulfide) groups is 1. The summed E-state index contributed by atoms with van der Waals surface area (Å²) in [6, 6.07) is 0. The zero-order valence-corrected chi connectivity index (χ0v) is 9.45. The van der Waals surface area contributed by atoms with Crippen LogP contribution in [0.1, 0.15) is 19.3 Å². The number of hydrogen-bond donors (Lipinski definition) is 2. The normalized spacial score (nSPS) is 24.1. The Labute approximate surface area is 89.4 Å². The minimum atomic E-state index is 0.233. The first-order chi connectivity index (χ1) is 6.74. The molecule has 1 heterocycles. The van der Waals surface area contributed by atoms with E-state index >= 15 is 0 Å². The van der Waals surface area contributed by atoms with Crippen molar-refractivity contribution in [2.24, 2.45) is 5.92 Å². The van der Waals surface area contributed by atoms with Gasteiger partial charge in [0.2, 0.25) is 5.91 Å². The number of rotatable bonds is 5. The van der Waals surface area contributed by atoms with Gasteiger partial charge in [-0.25, -0.2) is 0 Å². The summed E-state index contributed by atoms with van der Waals surface area (Å²) in [7, 11) is 0. The van der Waals surface area contributed by atoms with Crippen LogP contribution in [-0.2, 0) is 4.79 Å². The van der Waals surface area contributed by atoms with Crippen molar-refractivity contribution in [1.82, 2.24) is 10.6 Å². The van der Waals surface area contributed by atoms with E-state index in [9.17, 15) is 4.79 Å². The summed E-state index contributed by atoms with van der Waals surface area (Å²) in [5.74, 6) is 0.816. The third kappa shape index (κ3) is 2.42. The highest BCUT2D eigenvalue weighted by molar-refractivity contribution is 8.00. The monoisotopic (exact) mass is 214 g/mol. The first kappa shape index (κ1) is 10.3. The van der Waals surface area contributed by atoms with E-state index in [0.717, 1.165) is 19.6 Å². The molecule has 1 aliphatic heterocycles. The fraction of sp³-hybridized carbons (Fsp3) is 0.900. The minimum absolute atomic E-state index is 0.233. The highest BCUT2D eigenvalue weighted by Crippen LogP contribution is 2.46. The lowest BCUT2D eigenvalue weighted by Crippen LogP contribution is -2.45. The SMILES string of the molecule is CSC1(CNC(=O)CC2CNC2)CC1. The van der Waals surface area contributed by atoms with Crippen molar-refractivity contribution in [2.45, 2.75) is 24.0 Å². The molecule has 0 spiro atoms. The van der Waals surface area contributed by atoms with Crippen molar-refractivity contribution in [1.29, 1.82) is 0 Å². The summed E-state index contributed by atoms with van der Waals surface area (Å²) >= 11 is 1.89. The maximum absolute atomic E-state index is 11.5. The Morgan fingerprint density at radius 1 is 1.57 bits per heavy atom. The van der Waals surface area contributed by atoms with Crippen molar-refractivity contribution in [3.63, 3.8) is 0 Å². The predicted molar refractivity (Wildman–Crippen MR) is 59.5 cm³/mol. The third-order valence-electron chi connectivity index (χ3n) is 3.19. The number of nitrogens with one attached hydrogen (secondary N) is 2. The van der Waals surface area contributed by atoms with E-state index in [1.54, 1.807) is 0 Å². The maximum Gasteiger partial charge on any atom is 0.220 e. The Morgan fingerprint density at radius 2 is 2.29 bits per heavy atom. The average Bonchev–Trinajstić information content (AvgIpc) is 2.89. The summed E-state index contributed by atoms with van der Waals surface area (Å²) in [6.07, 6.45) is 5.37. The van der Waals surface area contributed by atoms with E-state index in [2.05, 4.69) is 16.9 Å². The molecular weight excluding hydrogens is 196 g/mol. The van der Waals surface area contributed by atoms with Gasteiger partial charge in [0.1, 0.15) is 0 Å². The van der Waals surface area contributed by atoms with E-state index in [0.29, 0.717) is 17.1 Å². The molecule has 1 saturated heterocycles. The van der Waals surface area contributed by atoms with E-state index in [-0.39, 0.29) is 5.91 Å². The van der Waals surface area contributed by atoms with Gasteiger partial charge in [-0.1, -0.05) is 0 Å². The van der Waals surface area contributed by atoms with Crippen molar-refractivity contribution in [3.8, 4) is 0 Å². The molecule has 1 saturated carbocycles. The zero-order valence-electron chi connectivity index (χ0n) is 8.64. The Kier molecular flexibility index (Phi) is 3.02. The number of carbonyl (C=O) groups excluding carboxylic acids is 1. The quantitative estimate of drug-likeness (QED) is 0.704. The van der Waals surface area contributed by atoms with Gasteiger partial charge in [-0.2, -0.15) is 11.8 Å². The van der Waals surface area contributed by atoms with E-state index in [4.69, 9.17) is 0 Å². The molecule has 1 aliphatic carbocycles. The molecule has 3 nitrogen and oxygen atoms in total. The van der Waals surface area contributed by atoms with Gasteiger partial charge in [0.15, 0.2) is 0 Å². The van der Waals surface area contributed by atoms with Gasteiger partial charge in [-0.05, 0) is 38.1 Å². The molecule has 0 unspecified atom stereocenters. The smallest absolute Gasteiger partial charge is 0.220 e. The number of amides is 1. The molecule has 0 aromatic heterocycles. The van der Waals surface area contributed by atoms with Crippen LogP contribution < -0.4 is 10.6 Å². The van der Waals surface area contributed by atoms with Gasteiger partial charge in [-0.15, -0.1) is 0 Å². The molecule has 0 bridgehead atoms. The molecule has 2 fully saturated rings. The molecule has 14 heavy (non-hydrogen) atoms. The lowest BCUT2D eigenvalue weighted by molar-refractivity contribution is -0.122. The Morgan fingerprint density at radius 3 is 2.71 bits per heavy atom. The Hall–Kier alpha value is -0.220. The van der Waals surface area contributed by atoms with Crippen LogP contribution in [0.2, 0.25) is 0 Å². The molecule has 0 aromatic carbocycles. The summed E-state index contributed by atoms with van der Waals surface area (Å²) in [5, 5.41) is 6.23. The van der Waals surface area contributed by atoms with Crippen LogP contribution in [0.3, 0.4) is 0 Å². The second kappa shape index (κ2) is 4.11. The molecule has 0 radical (unpaired) electrons. The molecule has 80 valence electrons. The summed E-state index contributed by atoms with van der Waals surface area (Å²) in [6.45, 7) is 2.90. The molecule has 2 rings (SSSR count). The van der Waals surface area contributed by atoms with E-state index in [1.165, 1.54) is 12.8 Å².